The Morgan fingerprint density at radius 1 is 1.41 bits per heavy atom. The van der Waals surface area contributed by atoms with Crippen LogP contribution in [0.4, 0.5) is 0 Å². The number of para-hydroxylation sites is 1. The first-order valence-electron chi connectivity index (χ1n) is 5.60. The first kappa shape index (κ1) is 13.5. The van der Waals surface area contributed by atoms with E-state index in [2.05, 4.69) is 0 Å². The topological polar surface area (TPSA) is 49.8 Å². The molecule has 0 bridgehead atoms. The minimum atomic E-state index is -0.478. The van der Waals surface area contributed by atoms with Crippen molar-refractivity contribution in [1.82, 2.24) is 4.90 Å². The van der Waals surface area contributed by atoms with Crippen LogP contribution >= 0.6 is 0 Å². The fourth-order valence-electron chi connectivity index (χ4n) is 1.62. The number of ether oxygens (including phenoxy) is 1. The van der Waals surface area contributed by atoms with E-state index in [1.165, 1.54) is 6.07 Å². The van der Waals surface area contributed by atoms with Gasteiger partial charge in [0.25, 0.3) is 0 Å². The first-order valence-corrected chi connectivity index (χ1v) is 5.60. The quantitative estimate of drug-likeness (QED) is 0.793. The van der Waals surface area contributed by atoms with Gasteiger partial charge in [0.1, 0.15) is 11.3 Å². The zero-order chi connectivity index (χ0) is 12.8. The van der Waals surface area contributed by atoms with Gasteiger partial charge < -0.3 is 14.7 Å². The second kappa shape index (κ2) is 6.25. The number of rotatable bonds is 5. The SMILES string of the molecule is CC(COC(=O)c1ccccc1O)CN(C)C. The maximum absolute atomic E-state index is 11.7. The van der Waals surface area contributed by atoms with Gasteiger partial charge in [-0.15, -0.1) is 0 Å². The highest BCUT2D eigenvalue weighted by Crippen LogP contribution is 2.16. The van der Waals surface area contributed by atoms with Gasteiger partial charge in [0, 0.05) is 12.5 Å². The summed E-state index contributed by atoms with van der Waals surface area (Å²) in [4.78, 5) is 13.7. The summed E-state index contributed by atoms with van der Waals surface area (Å²) in [6, 6.07) is 6.38. The van der Waals surface area contributed by atoms with Gasteiger partial charge in [0.15, 0.2) is 0 Å². The molecule has 0 aliphatic carbocycles. The number of hydrogen-bond donors (Lipinski definition) is 1. The van der Waals surface area contributed by atoms with Gasteiger partial charge in [-0.2, -0.15) is 0 Å². The van der Waals surface area contributed by atoms with E-state index in [0.29, 0.717) is 6.61 Å². The molecular weight excluding hydrogens is 218 g/mol. The van der Waals surface area contributed by atoms with E-state index in [1.54, 1.807) is 18.2 Å². The highest BCUT2D eigenvalue weighted by atomic mass is 16.5. The third kappa shape index (κ3) is 4.44. The fourth-order valence-corrected chi connectivity index (χ4v) is 1.62. The lowest BCUT2D eigenvalue weighted by Gasteiger charge is -2.16. The van der Waals surface area contributed by atoms with Gasteiger partial charge in [0.05, 0.1) is 6.61 Å². The zero-order valence-electron chi connectivity index (χ0n) is 10.5. The van der Waals surface area contributed by atoms with E-state index in [9.17, 15) is 9.90 Å². The lowest BCUT2D eigenvalue weighted by molar-refractivity contribution is 0.0429. The van der Waals surface area contributed by atoms with Crippen molar-refractivity contribution in [2.24, 2.45) is 5.92 Å². The molecule has 0 saturated heterocycles. The van der Waals surface area contributed by atoms with Gasteiger partial charge in [-0.25, -0.2) is 4.79 Å². The molecule has 0 fully saturated rings. The van der Waals surface area contributed by atoms with E-state index in [0.717, 1.165) is 6.54 Å². The Hall–Kier alpha value is -1.55. The molecule has 0 radical (unpaired) electrons. The van der Waals surface area contributed by atoms with Gasteiger partial charge in [-0.3, -0.25) is 0 Å². The minimum absolute atomic E-state index is 0.0437. The molecule has 0 aliphatic heterocycles. The minimum Gasteiger partial charge on any atom is -0.507 e. The predicted octanol–water partition coefficient (Wildman–Crippen LogP) is 1.75. The number of aromatic hydroxyl groups is 1. The second-order valence-electron chi connectivity index (χ2n) is 4.48. The average Bonchev–Trinajstić information content (AvgIpc) is 2.25. The Morgan fingerprint density at radius 3 is 2.65 bits per heavy atom. The van der Waals surface area contributed by atoms with Crippen molar-refractivity contribution in [2.45, 2.75) is 6.92 Å². The number of phenols is 1. The summed E-state index contributed by atoms with van der Waals surface area (Å²) in [6.45, 7) is 3.22. The smallest absolute Gasteiger partial charge is 0.341 e. The molecule has 1 rings (SSSR count). The van der Waals surface area contributed by atoms with Crippen LogP contribution in [0, 0.1) is 5.92 Å². The Labute approximate surface area is 102 Å². The van der Waals surface area contributed by atoms with Crippen LogP contribution in [0.25, 0.3) is 0 Å². The molecule has 17 heavy (non-hydrogen) atoms. The maximum Gasteiger partial charge on any atom is 0.341 e. The standard InChI is InChI=1S/C13H19NO3/c1-10(8-14(2)3)9-17-13(16)11-6-4-5-7-12(11)15/h4-7,10,15H,8-9H2,1-3H3. The Morgan fingerprint density at radius 2 is 2.06 bits per heavy atom. The van der Waals surface area contributed by atoms with Crippen LogP contribution in [0.1, 0.15) is 17.3 Å². The number of esters is 1. The largest absolute Gasteiger partial charge is 0.507 e. The Kier molecular flexibility index (Phi) is 4.97. The van der Waals surface area contributed by atoms with Crippen LogP contribution in [0.15, 0.2) is 24.3 Å². The van der Waals surface area contributed by atoms with Gasteiger partial charge >= 0.3 is 5.97 Å². The molecule has 1 unspecified atom stereocenters. The molecule has 1 N–H and O–H groups in total. The predicted molar refractivity (Wildman–Crippen MR) is 66.1 cm³/mol. The summed E-state index contributed by atoms with van der Waals surface area (Å²) in [5.74, 6) is -0.258. The van der Waals surface area contributed by atoms with Crippen molar-refractivity contribution in [3.05, 3.63) is 29.8 Å². The van der Waals surface area contributed by atoms with Crippen molar-refractivity contribution in [3.8, 4) is 5.75 Å². The normalized spacial score (nSPS) is 12.5. The van der Waals surface area contributed by atoms with E-state index < -0.39 is 5.97 Å². The third-order valence-electron chi connectivity index (χ3n) is 2.30. The molecule has 1 aromatic rings. The molecule has 0 saturated carbocycles. The van der Waals surface area contributed by atoms with E-state index in [4.69, 9.17) is 4.74 Å². The number of nitrogens with zero attached hydrogens (tertiary/aromatic N) is 1. The van der Waals surface area contributed by atoms with Crippen LogP contribution in [0.2, 0.25) is 0 Å². The van der Waals surface area contributed by atoms with Crippen molar-refractivity contribution in [3.63, 3.8) is 0 Å². The molecule has 0 spiro atoms. The van der Waals surface area contributed by atoms with Crippen molar-refractivity contribution in [1.29, 1.82) is 0 Å². The number of carbonyl (C=O) groups is 1. The number of hydrogen-bond acceptors (Lipinski definition) is 4. The summed E-state index contributed by atoms with van der Waals surface area (Å²) in [6.07, 6.45) is 0. The molecule has 1 aromatic carbocycles. The Bertz CT molecular complexity index is 377. The molecule has 4 nitrogen and oxygen atoms in total. The third-order valence-corrected chi connectivity index (χ3v) is 2.30. The molecule has 0 aromatic heterocycles. The zero-order valence-corrected chi connectivity index (χ0v) is 10.5. The van der Waals surface area contributed by atoms with Gasteiger partial charge in [-0.05, 0) is 26.2 Å². The Balaban J connectivity index is 2.48. The van der Waals surface area contributed by atoms with Gasteiger partial charge in [-0.1, -0.05) is 19.1 Å². The molecule has 94 valence electrons. The summed E-state index contributed by atoms with van der Waals surface area (Å²) >= 11 is 0. The summed E-state index contributed by atoms with van der Waals surface area (Å²) < 4.78 is 5.15. The van der Waals surface area contributed by atoms with Crippen LogP contribution in [-0.4, -0.2) is 43.2 Å². The number of phenolic OH excluding ortho intramolecular Hbond substituents is 1. The molecular formula is C13H19NO3. The number of benzene rings is 1. The monoisotopic (exact) mass is 237 g/mol. The van der Waals surface area contributed by atoms with Crippen LogP contribution < -0.4 is 0 Å². The molecule has 0 aliphatic rings. The number of carbonyl (C=O) groups excluding carboxylic acids is 1. The summed E-state index contributed by atoms with van der Waals surface area (Å²) in [5, 5.41) is 9.48. The highest BCUT2D eigenvalue weighted by molar-refractivity contribution is 5.92. The molecule has 0 amide bonds. The van der Waals surface area contributed by atoms with Crippen molar-refractivity contribution >= 4 is 5.97 Å². The second-order valence-corrected chi connectivity index (χ2v) is 4.48. The summed E-state index contributed by atoms with van der Waals surface area (Å²) in [5.41, 5.74) is 0.213. The van der Waals surface area contributed by atoms with Crippen molar-refractivity contribution < 1.29 is 14.6 Å². The summed E-state index contributed by atoms with van der Waals surface area (Å²) in [7, 11) is 3.95. The lowest BCUT2D eigenvalue weighted by Crippen LogP contribution is -2.24. The van der Waals surface area contributed by atoms with Gasteiger partial charge in [0.2, 0.25) is 0 Å². The van der Waals surface area contributed by atoms with E-state index in [-0.39, 0.29) is 17.2 Å². The first-order chi connectivity index (χ1) is 8.00. The van der Waals surface area contributed by atoms with Crippen molar-refractivity contribution in [2.75, 3.05) is 27.2 Å². The van der Waals surface area contributed by atoms with Crippen LogP contribution in [0.5, 0.6) is 5.75 Å². The average molecular weight is 237 g/mol. The molecule has 1 atom stereocenters. The highest BCUT2D eigenvalue weighted by Gasteiger charge is 2.13. The van der Waals surface area contributed by atoms with Crippen LogP contribution in [0.3, 0.4) is 0 Å². The maximum atomic E-state index is 11.7. The van der Waals surface area contributed by atoms with Crippen LogP contribution in [-0.2, 0) is 4.74 Å². The lowest BCUT2D eigenvalue weighted by atomic mass is 10.2. The molecule has 4 heteroatoms. The van der Waals surface area contributed by atoms with E-state index in [1.807, 2.05) is 25.9 Å². The molecule has 0 heterocycles. The fraction of sp³-hybridized carbons (Fsp3) is 0.462. The van der Waals surface area contributed by atoms with E-state index >= 15 is 0 Å².